The third-order valence-electron chi connectivity index (χ3n) is 14.2. The molecule has 43 heavy (non-hydrogen) atoms. The van der Waals surface area contributed by atoms with Crippen LogP contribution in [0.25, 0.3) is 0 Å². The van der Waals surface area contributed by atoms with Crippen LogP contribution in [0, 0.1) is 52.3 Å². The lowest BCUT2D eigenvalue weighted by atomic mass is 9.44. The van der Waals surface area contributed by atoms with E-state index in [2.05, 4.69) is 20.8 Å². The normalized spacial score (nSPS) is 61.5. The predicted molar refractivity (Wildman–Crippen MR) is 153 cm³/mol. The Bertz CT molecular complexity index is 1040. The minimum absolute atomic E-state index is 0.0308. The molecule has 10 heteroatoms. The van der Waals surface area contributed by atoms with E-state index in [1.54, 1.807) is 0 Å². The first-order valence-electron chi connectivity index (χ1n) is 17.0. The van der Waals surface area contributed by atoms with Gasteiger partial charge in [-0.15, -0.1) is 0 Å². The van der Waals surface area contributed by atoms with Gasteiger partial charge in [-0.3, -0.25) is 0 Å². The van der Waals surface area contributed by atoms with Crippen LogP contribution in [0.3, 0.4) is 0 Å². The first-order chi connectivity index (χ1) is 20.3. The van der Waals surface area contributed by atoms with E-state index in [-0.39, 0.29) is 35.4 Å². The van der Waals surface area contributed by atoms with E-state index >= 15 is 0 Å². The Morgan fingerprint density at radius 2 is 1.53 bits per heavy atom. The van der Waals surface area contributed by atoms with Crippen LogP contribution in [0.1, 0.15) is 85.5 Å². The lowest BCUT2D eigenvalue weighted by Crippen LogP contribution is -2.60. The first kappa shape index (κ1) is 31.2. The van der Waals surface area contributed by atoms with Crippen LogP contribution in [0.2, 0.25) is 0 Å². The van der Waals surface area contributed by atoms with Crippen molar-refractivity contribution in [1.82, 2.24) is 0 Å². The molecule has 0 unspecified atom stereocenters. The molecule has 7 aliphatic rings. The quantitative estimate of drug-likeness (QED) is 0.278. The molecule has 3 heterocycles. The zero-order valence-electron chi connectivity index (χ0n) is 26.1. The van der Waals surface area contributed by atoms with E-state index in [1.807, 2.05) is 6.92 Å². The number of ether oxygens (including phenoxy) is 4. The summed E-state index contributed by atoms with van der Waals surface area (Å²) in [7, 11) is 0. The van der Waals surface area contributed by atoms with Crippen molar-refractivity contribution in [3.05, 3.63) is 0 Å². The van der Waals surface area contributed by atoms with Gasteiger partial charge in [0.2, 0.25) is 0 Å². The average Bonchev–Trinajstić information content (AvgIpc) is 3.58. The molecule has 7 fully saturated rings. The SMILES string of the molecule is C[C@@H]1C[C@H]([C@@]2(O)O[C@H]3C[C@H]4[C@@H]5CC[C@H]6C[C@@H](O)CC[C@]6(C)[C@H]5CC[C@]4(C)[C@H]3[C@@H]2C)O[C@H]1O[C@@H]1O[C@H](CO)[C@H](O)[C@H](O)[C@H]1O. The van der Waals surface area contributed by atoms with E-state index in [4.69, 9.17) is 18.9 Å². The summed E-state index contributed by atoms with van der Waals surface area (Å²) in [4.78, 5) is 0. The number of fused-ring (bicyclic) bond motifs is 7. The first-order valence-corrected chi connectivity index (χ1v) is 17.0. The van der Waals surface area contributed by atoms with Crippen LogP contribution in [0.15, 0.2) is 0 Å². The van der Waals surface area contributed by atoms with Gasteiger partial charge in [0.1, 0.15) is 30.5 Å². The van der Waals surface area contributed by atoms with Crippen LogP contribution in [-0.2, 0) is 18.9 Å². The Balaban J connectivity index is 1.04. The highest BCUT2D eigenvalue weighted by molar-refractivity contribution is 5.16. The third-order valence-corrected chi connectivity index (χ3v) is 14.2. The minimum atomic E-state index is -1.53. The van der Waals surface area contributed by atoms with Gasteiger partial charge >= 0.3 is 0 Å². The largest absolute Gasteiger partial charge is 0.394 e. The van der Waals surface area contributed by atoms with Crippen LogP contribution >= 0.6 is 0 Å². The van der Waals surface area contributed by atoms with Gasteiger partial charge in [0.15, 0.2) is 18.4 Å². The maximum Gasteiger partial charge on any atom is 0.195 e. The van der Waals surface area contributed by atoms with Gasteiger partial charge < -0.3 is 49.6 Å². The second-order valence-electron chi connectivity index (χ2n) is 16.1. The molecule has 0 amide bonds. The molecular formula is C33H54O10. The fourth-order valence-electron chi connectivity index (χ4n) is 11.8. The van der Waals surface area contributed by atoms with Gasteiger partial charge in [-0.25, -0.2) is 0 Å². The molecule has 246 valence electrons. The molecule has 3 saturated heterocycles. The fraction of sp³-hybridized carbons (Fsp3) is 1.00. The smallest absolute Gasteiger partial charge is 0.195 e. The average molecular weight is 611 g/mol. The van der Waals surface area contributed by atoms with Gasteiger partial charge in [-0.2, -0.15) is 0 Å². The van der Waals surface area contributed by atoms with Crippen LogP contribution < -0.4 is 0 Å². The minimum Gasteiger partial charge on any atom is -0.394 e. The molecule has 0 bridgehead atoms. The molecular weight excluding hydrogens is 556 g/mol. The van der Waals surface area contributed by atoms with Crippen LogP contribution in [0.4, 0.5) is 0 Å². The maximum atomic E-state index is 12.2. The summed E-state index contributed by atoms with van der Waals surface area (Å²) < 4.78 is 24.5. The van der Waals surface area contributed by atoms with Gasteiger partial charge in [0.05, 0.1) is 18.8 Å². The summed E-state index contributed by atoms with van der Waals surface area (Å²) in [5.41, 5.74) is 0.404. The summed E-state index contributed by atoms with van der Waals surface area (Å²) in [6.07, 6.45) is 0.787. The topological polar surface area (TPSA) is 158 Å². The molecule has 0 aromatic carbocycles. The van der Waals surface area contributed by atoms with Crippen molar-refractivity contribution in [3.8, 4) is 0 Å². The second-order valence-corrected chi connectivity index (χ2v) is 16.1. The number of hydrogen-bond donors (Lipinski definition) is 6. The molecule has 0 radical (unpaired) electrons. The highest BCUT2D eigenvalue weighted by Gasteiger charge is 2.70. The zero-order chi connectivity index (χ0) is 30.6. The Morgan fingerprint density at radius 1 is 0.791 bits per heavy atom. The Labute approximate surface area is 255 Å². The highest BCUT2D eigenvalue weighted by atomic mass is 16.8. The van der Waals surface area contributed by atoms with E-state index in [1.165, 1.54) is 19.3 Å². The van der Waals surface area contributed by atoms with Gasteiger partial charge in [-0.05, 0) is 98.2 Å². The summed E-state index contributed by atoms with van der Waals surface area (Å²) in [5, 5.41) is 62.9. The molecule has 4 aliphatic carbocycles. The van der Waals surface area contributed by atoms with E-state index in [0.717, 1.165) is 32.1 Å². The second kappa shape index (κ2) is 10.8. The molecule has 3 aliphatic heterocycles. The molecule has 4 saturated carbocycles. The lowest BCUT2D eigenvalue weighted by Gasteiger charge is -2.61. The lowest BCUT2D eigenvalue weighted by molar-refractivity contribution is -0.350. The number of rotatable bonds is 4. The fourth-order valence-corrected chi connectivity index (χ4v) is 11.8. The Morgan fingerprint density at radius 3 is 2.28 bits per heavy atom. The van der Waals surface area contributed by atoms with E-state index < -0.39 is 55.5 Å². The standard InChI is InChI=1S/C33H54O10/c1-15-11-24(41-29(15)42-30-28(38)27(37)26(36)23(14-34)40-30)33(39)16(2)25-22(43-33)13-21-19-6-5-17-12-18(35)7-9-31(17,3)20(19)8-10-32(21,25)4/h15-30,34-39H,5-14H2,1-4H3/t15-,16+,17+,18+,19-,20+,21+,22+,23-,24-,25+,26+,27+,28-,29+,30+,31+,32+,33+/m1/s1. The van der Waals surface area contributed by atoms with Crippen molar-refractivity contribution in [2.45, 2.75) is 147 Å². The third kappa shape index (κ3) is 4.56. The van der Waals surface area contributed by atoms with Crippen LogP contribution in [-0.4, -0.2) is 98.3 Å². The summed E-state index contributed by atoms with van der Waals surface area (Å²) in [5.74, 6) is 1.04. The predicted octanol–water partition coefficient (Wildman–Crippen LogP) is 1.91. The molecule has 19 atom stereocenters. The summed E-state index contributed by atoms with van der Waals surface area (Å²) in [6.45, 7) is 8.49. The monoisotopic (exact) mass is 610 g/mol. The molecule has 0 spiro atoms. The summed E-state index contributed by atoms with van der Waals surface area (Å²) in [6, 6.07) is 0. The molecule has 10 nitrogen and oxygen atoms in total. The Hall–Kier alpha value is -0.400. The number of hydrogen-bond acceptors (Lipinski definition) is 10. The zero-order valence-corrected chi connectivity index (χ0v) is 26.1. The Kier molecular flexibility index (Phi) is 7.86. The van der Waals surface area contributed by atoms with Gasteiger partial charge in [0, 0.05) is 11.8 Å². The molecule has 0 aromatic rings. The highest BCUT2D eigenvalue weighted by Crippen LogP contribution is 2.71. The van der Waals surface area contributed by atoms with Gasteiger partial charge in [-0.1, -0.05) is 27.7 Å². The molecule has 0 aromatic heterocycles. The van der Waals surface area contributed by atoms with Crippen molar-refractivity contribution in [3.63, 3.8) is 0 Å². The van der Waals surface area contributed by atoms with Crippen molar-refractivity contribution in [2.75, 3.05) is 6.61 Å². The van der Waals surface area contributed by atoms with Crippen molar-refractivity contribution in [2.24, 2.45) is 52.3 Å². The van der Waals surface area contributed by atoms with Crippen molar-refractivity contribution in [1.29, 1.82) is 0 Å². The van der Waals surface area contributed by atoms with Crippen LogP contribution in [0.5, 0.6) is 0 Å². The van der Waals surface area contributed by atoms with E-state index in [9.17, 15) is 30.6 Å². The number of aliphatic hydroxyl groups excluding tert-OH is 5. The molecule has 7 rings (SSSR count). The van der Waals surface area contributed by atoms with E-state index in [0.29, 0.717) is 35.5 Å². The van der Waals surface area contributed by atoms with Gasteiger partial charge in [0.25, 0.3) is 0 Å². The number of aliphatic hydroxyl groups is 6. The molecule has 6 N–H and O–H groups in total. The summed E-state index contributed by atoms with van der Waals surface area (Å²) >= 11 is 0. The van der Waals surface area contributed by atoms with Crippen molar-refractivity contribution < 1.29 is 49.6 Å². The van der Waals surface area contributed by atoms with Crippen molar-refractivity contribution >= 4 is 0 Å². The maximum absolute atomic E-state index is 12.2.